The summed E-state index contributed by atoms with van der Waals surface area (Å²) in [4.78, 5) is 10.7. The van der Waals surface area contributed by atoms with Gasteiger partial charge >= 0.3 is 0 Å². The molecule has 0 aliphatic rings. The quantitative estimate of drug-likeness (QED) is 0.647. The summed E-state index contributed by atoms with van der Waals surface area (Å²) in [5.74, 6) is -0.118. The highest BCUT2D eigenvalue weighted by Crippen LogP contribution is 2.30. The van der Waals surface area contributed by atoms with Crippen LogP contribution in [0.15, 0.2) is 53.0 Å². The lowest BCUT2D eigenvalue weighted by atomic mass is 9.91. The van der Waals surface area contributed by atoms with E-state index in [-0.39, 0.29) is 16.5 Å². The SMILES string of the molecule is CC(Cc1ccc(Br)cc1[N+](=O)[O-])C(O)c1ccccc1. The zero-order chi connectivity index (χ0) is 15.4. The summed E-state index contributed by atoms with van der Waals surface area (Å²) in [5.41, 5.74) is 1.53. The van der Waals surface area contributed by atoms with Crippen LogP contribution in [0.5, 0.6) is 0 Å². The molecule has 2 aromatic rings. The van der Waals surface area contributed by atoms with Crippen LogP contribution in [0.2, 0.25) is 0 Å². The molecule has 2 aromatic carbocycles. The molecule has 110 valence electrons. The zero-order valence-corrected chi connectivity index (χ0v) is 13.2. The minimum absolute atomic E-state index is 0.0801. The highest BCUT2D eigenvalue weighted by molar-refractivity contribution is 9.10. The van der Waals surface area contributed by atoms with Gasteiger partial charge in [0.2, 0.25) is 0 Å². The molecule has 2 atom stereocenters. The maximum absolute atomic E-state index is 11.1. The number of hydrogen-bond donors (Lipinski definition) is 1. The lowest BCUT2D eigenvalue weighted by Gasteiger charge is -2.19. The van der Waals surface area contributed by atoms with E-state index < -0.39 is 6.10 Å². The van der Waals surface area contributed by atoms with Crippen molar-refractivity contribution < 1.29 is 10.0 Å². The van der Waals surface area contributed by atoms with Crippen molar-refractivity contribution in [2.45, 2.75) is 19.4 Å². The predicted molar refractivity (Wildman–Crippen MR) is 85.1 cm³/mol. The first-order valence-electron chi connectivity index (χ1n) is 6.65. The van der Waals surface area contributed by atoms with E-state index in [4.69, 9.17) is 0 Å². The second-order valence-electron chi connectivity index (χ2n) is 5.07. The number of rotatable bonds is 5. The van der Waals surface area contributed by atoms with E-state index in [0.717, 1.165) is 5.56 Å². The Morgan fingerprint density at radius 1 is 1.24 bits per heavy atom. The van der Waals surface area contributed by atoms with Gasteiger partial charge in [-0.2, -0.15) is 0 Å². The zero-order valence-electron chi connectivity index (χ0n) is 11.6. The van der Waals surface area contributed by atoms with Crippen LogP contribution in [0.3, 0.4) is 0 Å². The highest BCUT2D eigenvalue weighted by Gasteiger charge is 2.21. The Kier molecular flexibility index (Phi) is 5.09. The van der Waals surface area contributed by atoms with Crippen molar-refractivity contribution in [1.82, 2.24) is 0 Å². The number of nitro benzene ring substituents is 1. The van der Waals surface area contributed by atoms with Crippen LogP contribution in [0.1, 0.15) is 24.2 Å². The van der Waals surface area contributed by atoms with Crippen LogP contribution in [0.25, 0.3) is 0 Å². The van der Waals surface area contributed by atoms with Gasteiger partial charge in [-0.05, 0) is 24.0 Å². The first-order chi connectivity index (χ1) is 9.99. The molecule has 0 aliphatic heterocycles. The Balaban J connectivity index is 2.20. The Bertz CT molecular complexity index is 631. The van der Waals surface area contributed by atoms with E-state index in [9.17, 15) is 15.2 Å². The van der Waals surface area contributed by atoms with Crippen molar-refractivity contribution in [2.75, 3.05) is 0 Å². The van der Waals surface area contributed by atoms with Crippen molar-refractivity contribution >= 4 is 21.6 Å². The van der Waals surface area contributed by atoms with E-state index >= 15 is 0 Å². The van der Waals surface area contributed by atoms with Gasteiger partial charge in [0.15, 0.2) is 0 Å². The molecule has 0 aromatic heterocycles. The van der Waals surface area contributed by atoms with E-state index in [1.54, 1.807) is 12.1 Å². The smallest absolute Gasteiger partial charge is 0.273 e. The molecule has 5 heteroatoms. The number of nitrogens with zero attached hydrogens (tertiary/aromatic N) is 1. The minimum atomic E-state index is -0.644. The van der Waals surface area contributed by atoms with E-state index in [1.165, 1.54) is 6.07 Å². The average molecular weight is 350 g/mol. The van der Waals surface area contributed by atoms with Gasteiger partial charge in [-0.15, -0.1) is 0 Å². The fourth-order valence-corrected chi connectivity index (χ4v) is 2.67. The molecule has 0 saturated heterocycles. The molecule has 0 fully saturated rings. The van der Waals surface area contributed by atoms with Gasteiger partial charge in [-0.25, -0.2) is 0 Å². The number of nitro groups is 1. The fourth-order valence-electron chi connectivity index (χ4n) is 2.32. The highest BCUT2D eigenvalue weighted by atomic mass is 79.9. The second-order valence-corrected chi connectivity index (χ2v) is 5.98. The molecule has 4 nitrogen and oxygen atoms in total. The van der Waals surface area contributed by atoms with Crippen molar-refractivity contribution in [3.05, 3.63) is 74.2 Å². The summed E-state index contributed by atoms with van der Waals surface area (Å²) in [6, 6.07) is 14.4. The van der Waals surface area contributed by atoms with Crippen LogP contribution < -0.4 is 0 Å². The number of aliphatic hydroxyl groups is 1. The summed E-state index contributed by atoms with van der Waals surface area (Å²) in [6.07, 6.45) is -0.200. The topological polar surface area (TPSA) is 63.4 Å². The monoisotopic (exact) mass is 349 g/mol. The third-order valence-corrected chi connectivity index (χ3v) is 3.96. The Morgan fingerprint density at radius 2 is 1.90 bits per heavy atom. The molecule has 0 amide bonds. The molecule has 1 N–H and O–H groups in total. The molecule has 0 saturated carbocycles. The molecule has 2 rings (SSSR count). The number of hydrogen-bond acceptors (Lipinski definition) is 3. The molecule has 2 unspecified atom stereocenters. The van der Waals surface area contributed by atoms with E-state index in [1.807, 2.05) is 37.3 Å². The van der Waals surface area contributed by atoms with Crippen LogP contribution >= 0.6 is 15.9 Å². The van der Waals surface area contributed by atoms with Gasteiger partial charge < -0.3 is 5.11 Å². The van der Waals surface area contributed by atoms with Crippen LogP contribution in [0, 0.1) is 16.0 Å². The number of benzene rings is 2. The first kappa shape index (κ1) is 15.7. The van der Waals surface area contributed by atoms with Crippen LogP contribution in [0.4, 0.5) is 5.69 Å². The predicted octanol–water partition coefficient (Wildman–Crippen LogP) is 4.27. The molecule has 21 heavy (non-hydrogen) atoms. The summed E-state index contributed by atoms with van der Waals surface area (Å²) in [6.45, 7) is 1.89. The van der Waals surface area contributed by atoms with Gasteiger partial charge in [0, 0.05) is 16.1 Å². The number of halogens is 1. The lowest BCUT2D eigenvalue weighted by Crippen LogP contribution is -2.12. The van der Waals surface area contributed by atoms with Gasteiger partial charge in [0.05, 0.1) is 11.0 Å². The fraction of sp³-hybridized carbons (Fsp3) is 0.250. The van der Waals surface area contributed by atoms with Crippen molar-refractivity contribution in [3.8, 4) is 0 Å². The first-order valence-corrected chi connectivity index (χ1v) is 7.44. The normalized spacial score (nSPS) is 13.7. The van der Waals surface area contributed by atoms with Gasteiger partial charge in [-0.1, -0.05) is 59.3 Å². The molecule has 0 bridgehead atoms. The number of aliphatic hydroxyl groups excluding tert-OH is 1. The van der Waals surface area contributed by atoms with Crippen molar-refractivity contribution in [1.29, 1.82) is 0 Å². The molecular weight excluding hydrogens is 334 g/mol. The summed E-state index contributed by atoms with van der Waals surface area (Å²) < 4.78 is 0.675. The lowest BCUT2D eigenvalue weighted by molar-refractivity contribution is -0.385. The summed E-state index contributed by atoms with van der Waals surface area (Å²) in [5, 5.41) is 21.5. The average Bonchev–Trinajstić information content (AvgIpc) is 2.49. The van der Waals surface area contributed by atoms with E-state index in [0.29, 0.717) is 16.5 Å². The molecular formula is C16H16BrNO3. The van der Waals surface area contributed by atoms with Gasteiger partial charge in [-0.3, -0.25) is 10.1 Å². The maximum atomic E-state index is 11.1. The van der Waals surface area contributed by atoms with Gasteiger partial charge in [0.25, 0.3) is 5.69 Å². The molecule has 0 heterocycles. The maximum Gasteiger partial charge on any atom is 0.273 e. The molecule has 0 radical (unpaired) electrons. The Morgan fingerprint density at radius 3 is 2.52 bits per heavy atom. The van der Waals surface area contributed by atoms with Gasteiger partial charge in [0.1, 0.15) is 0 Å². The molecule has 0 spiro atoms. The third kappa shape index (κ3) is 3.89. The molecule has 0 aliphatic carbocycles. The van der Waals surface area contributed by atoms with Crippen LogP contribution in [-0.4, -0.2) is 10.0 Å². The minimum Gasteiger partial charge on any atom is -0.388 e. The standard InChI is InChI=1S/C16H16BrNO3/c1-11(16(19)12-5-3-2-4-6-12)9-13-7-8-14(17)10-15(13)18(20)21/h2-8,10-11,16,19H,9H2,1H3. The Hall–Kier alpha value is -1.72. The van der Waals surface area contributed by atoms with Crippen molar-refractivity contribution in [2.24, 2.45) is 5.92 Å². The second kappa shape index (κ2) is 6.83. The Labute approximate surface area is 131 Å². The summed E-state index contributed by atoms with van der Waals surface area (Å²) >= 11 is 3.24. The summed E-state index contributed by atoms with van der Waals surface area (Å²) in [7, 11) is 0. The van der Waals surface area contributed by atoms with Crippen LogP contribution in [-0.2, 0) is 6.42 Å². The third-order valence-electron chi connectivity index (χ3n) is 3.47. The van der Waals surface area contributed by atoms with E-state index in [2.05, 4.69) is 15.9 Å². The van der Waals surface area contributed by atoms with Crippen molar-refractivity contribution in [3.63, 3.8) is 0 Å². The largest absolute Gasteiger partial charge is 0.388 e.